The molecule has 2 N–H and O–H groups in total. The molecular formula is C20H35N3O5. The minimum atomic E-state index is -0.701. The molecule has 8 nitrogen and oxygen atoms in total. The molecule has 0 aromatic carbocycles. The van der Waals surface area contributed by atoms with E-state index in [1.54, 1.807) is 20.8 Å². The van der Waals surface area contributed by atoms with E-state index in [0.29, 0.717) is 13.0 Å². The van der Waals surface area contributed by atoms with E-state index >= 15 is 0 Å². The van der Waals surface area contributed by atoms with Crippen LogP contribution in [0.25, 0.3) is 0 Å². The van der Waals surface area contributed by atoms with Gasteiger partial charge >= 0.3 is 6.09 Å². The number of carbonyl (C=O) groups excluding carboxylic acids is 4. The molecule has 0 aliphatic carbocycles. The molecule has 0 radical (unpaired) electrons. The number of amides is 3. The van der Waals surface area contributed by atoms with Crippen LogP contribution in [0.3, 0.4) is 0 Å². The summed E-state index contributed by atoms with van der Waals surface area (Å²) in [6.45, 7) is 15.3. The molecule has 1 fully saturated rings. The van der Waals surface area contributed by atoms with E-state index in [2.05, 4.69) is 38.0 Å². The summed E-state index contributed by atoms with van der Waals surface area (Å²) in [5, 5.41) is 5.04. The maximum atomic E-state index is 12.0. The normalized spacial score (nSPS) is 15.8. The average molecular weight is 398 g/mol. The summed E-state index contributed by atoms with van der Waals surface area (Å²) in [5.74, 6) is -0.425. The van der Waals surface area contributed by atoms with E-state index in [4.69, 9.17) is 4.74 Å². The quantitative estimate of drug-likeness (QED) is 0.639. The third kappa shape index (κ3) is 12.1. The van der Waals surface area contributed by atoms with Gasteiger partial charge < -0.3 is 20.3 Å². The van der Waals surface area contributed by atoms with Gasteiger partial charge in [-0.15, -0.1) is 0 Å². The van der Waals surface area contributed by atoms with E-state index in [1.165, 1.54) is 4.90 Å². The molecule has 0 spiro atoms. The topological polar surface area (TPSA) is 105 Å². The standard InChI is InChI=1S/C16H25N3O5.C4H10/c1-5-13(21)19(9-11-6-7-17-14(11)22)10-12(20)8-18-15(23)24-16(2,3)4;1-4(2)3/h5,11H,1,6-10H2,2-4H3,(H,17,22)(H,18,23);4H,1-3H3/t11-;/m0./s1. The average Bonchev–Trinajstić information content (AvgIpc) is 2.94. The molecule has 1 aliphatic rings. The lowest BCUT2D eigenvalue weighted by Gasteiger charge is -2.23. The monoisotopic (exact) mass is 397 g/mol. The summed E-state index contributed by atoms with van der Waals surface area (Å²) in [4.78, 5) is 48.3. The van der Waals surface area contributed by atoms with Gasteiger partial charge in [-0.05, 0) is 39.2 Å². The van der Waals surface area contributed by atoms with Crippen LogP contribution in [0.5, 0.6) is 0 Å². The minimum absolute atomic E-state index is 0.129. The SMILES string of the molecule is C=CC(=O)N(CC(=O)CNC(=O)OC(C)(C)C)C[C@@H]1CCNC1=O.CC(C)C. The van der Waals surface area contributed by atoms with Crippen molar-refractivity contribution >= 4 is 23.7 Å². The van der Waals surface area contributed by atoms with E-state index in [9.17, 15) is 19.2 Å². The Kier molecular flexibility index (Phi) is 11.1. The maximum Gasteiger partial charge on any atom is 0.408 e. The van der Waals surface area contributed by atoms with E-state index < -0.39 is 17.6 Å². The van der Waals surface area contributed by atoms with Crippen LogP contribution in [-0.2, 0) is 19.1 Å². The van der Waals surface area contributed by atoms with Crippen LogP contribution in [0.15, 0.2) is 12.7 Å². The number of hydrogen-bond acceptors (Lipinski definition) is 5. The number of carbonyl (C=O) groups is 4. The molecule has 0 aromatic heterocycles. The number of hydrogen-bond donors (Lipinski definition) is 2. The van der Waals surface area contributed by atoms with Crippen LogP contribution in [0, 0.1) is 11.8 Å². The van der Waals surface area contributed by atoms with Gasteiger partial charge in [0, 0.05) is 13.1 Å². The largest absolute Gasteiger partial charge is 0.444 e. The van der Waals surface area contributed by atoms with Crippen molar-refractivity contribution in [2.24, 2.45) is 11.8 Å². The molecule has 0 aromatic rings. The first-order valence-electron chi connectivity index (χ1n) is 9.53. The summed E-state index contributed by atoms with van der Waals surface area (Å²) in [6, 6.07) is 0. The van der Waals surface area contributed by atoms with Crippen LogP contribution in [0.2, 0.25) is 0 Å². The van der Waals surface area contributed by atoms with Crippen molar-refractivity contribution in [3.8, 4) is 0 Å². The highest BCUT2D eigenvalue weighted by Crippen LogP contribution is 2.12. The summed E-state index contributed by atoms with van der Waals surface area (Å²) in [5.41, 5.74) is -0.659. The van der Waals surface area contributed by atoms with Crippen molar-refractivity contribution in [3.63, 3.8) is 0 Å². The highest BCUT2D eigenvalue weighted by molar-refractivity contribution is 5.93. The summed E-state index contributed by atoms with van der Waals surface area (Å²) < 4.78 is 5.03. The Morgan fingerprint density at radius 1 is 1.32 bits per heavy atom. The van der Waals surface area contributed by atoms with Gasteiger partial charge in [0.05, 0.1) is 19.0 Å². The van der Waals surface area contributed by atoms with Gasteiger partial charge in [-0.1, -0.05) is 27.4 Å². The number of rotatable bonds is 7. The van der Waals surface area contributed by atoms with Gasteiger partial charge in [-0.2, -0.15) is 0 Å². The van der Waals surface area contributed by atoms with E-state index in [0.717, 1.165) is 12.0 Å². The first-order valence-corrected chi connectivity index (χ1v) is 9.53. The fourth-order valence-electron chi connectivity index (χ4n) is 2.20. The van der Waals surface area contributed by atoms with Gasteiger partial charge in [0.15, 0.2) is 5.78 Å². The van der Waals surface area contributed by atoms with Crippen LogP contribution < -0.4 is 10.6 Å². The zero-order chi connectivity index (χ0) is 21.9. The smallest absolute Gasteiger partial charge is 0.408 e. The molecule has 1 saturated heterocycles. The van der Waals surface area contributed by atoms with Gasteiger partial charge in [0.1, 0.15) is 5.60 Å². The lowest BCUT2D eigenvalue weighted by Crippen LogP contribution is -2.43. The number of nitrogens with zero attached hydrogens (tertiary/aromatic N) is 1. The first kappa shape index (κ1) is 25.6. The molecule has 3 amide bonds. The Morgan fingerprint density at radius 2 is 1.89 bits per heavy atom. The van der Waals surface area contributed by atoms with E-state index in [1.807, 2.05) is 0 Å². The third-order valence-corrected chi connectivity index (χ3v) is 3.29. The second-order valence-electron chi connectivity index (χ2n) is 8.33. The predicted molar refractivity (Wildman–Crippen MR) is 108 cm³/mol. The van der Waals surface area contributed by atoms with Gasteiger partial charge in [0.25, 0.3) is 0 Å². The Morgan fingerprint density at radius 3 is 2.32 bits per heavy atom. The van der Waals surface area contributed by atoms with Crippen molar-refractivity contribution in [2.75, 3.05) is 26.2 Å². The molecular weight excluding hydrogens is 362 g/mol. The second-order valence-corrected chi connectivity index (χ2v) is 8.33. The van der Waals surface area contributed by atoms with Gasteiger partial charge in [-0.3, -0.25) is 14.4 Å². The van der Waals surface area contributed by atoms with Crippen LogP contribution >= 0.6 is 0 Å². The van der Waals surface area contributed by atoms with Crippen LogP contribution in [0.4, 0.5) is 4.79 Å². The van der Waals surface area contributed by atoms with Crippen molar-refractivity contribution in [1.82, 2.24) is 15.5 Å². The van der Waals surface area contributed by atoms with Gasteiger partial charge in [-0.25, -0.2) is 4.79 Å². The maximum absolute atomic E-state index is 12.0. The summed E-state index contributed by atoms with van der Waals surface area (Å²) in [6.07, 6.45) is 1.01. The zero-order valence-corrected chi connectivity index (χ0v) is 18.0. The fourth-order valence-corrected chi connectivity index (χ4v) is 2.20. The van der Waals surface area contributed by atoms with Crippen molar-refractivity contribution in [3.05, 3.63) is 12.7 Å². The lowest BCUT2D eigenvalue weighted by molar-refractivity contribution is -0.133. The second kappa shape index (κ2) is 12.2. The number of ketones is 1. The fraction of sp³-hybridized carbons (Fsp3) is 0.700. The molecule has 0 bridgehead atoms. The van der Waals surface area contributed by atoms with Crippen molar-refractivity contribution in [1.29, 1.82) is 0 Å². The Hall–Kier alpha value is -2.38. The molecule has 0 saturated carbocycles. The number of alkyl carbamates (subject to hydrolysis) is 1. The van der Waals surface area contributed by atoms with Crippen LogP contribution in [-0.4, -0.2) is 60.4 Å². The van der Waals surface area contributed by atoms with Crippen molar-refractivity contribution in [2.45, 2.75) is 53.6 Å². The Bertz CT molecular complexity index is 564. The number of ether oxygens (including phenoxy) is 1. The Labute approximate surface area is 168 Å². The summed E-state index contributed by atoms with van der Waals surface area (Å²) in [7, 11) is 0. The third-order valence-electron chi connectivity index (χ3n) is 3.29. The molecule has 1 aliphatic heterocycles. The zero-order valence-electron chi connectivity index (χ0n) is 18.0. The molecule has 28 heavy (non-hydrogen) atoms. The summed E-state index contributed by atoms with van der Waals surface area (Å²) >= 11 is 0. The predicted octanol–water partition coefficient (Wildman–Crippen LogP) is 1.89. The highest BCUT2D eigenvalue weighted by atomic mass is 16.6. The minimum Gasteiger partial charge on any atom is -0.444 e. The molecule has 1 atom stereocenters. The first-order chi connectivity index (χ1) is 12.9. The highest BCUT2D eigenvalue weighted by Gasteiger charge is 2.28. The lowest BCUT2D eigenvalue weighted by atomic mass is 10.1. The number of nitrogens with one attached hydrogen (secondary N) is 2. The van der Waals surface area contributed by atoms with Crippen LogP contribution in [0.1, 0.15) is 48.0 Å². The van der Waals surface area contributed by atoms with Crippen molar-refractivity contribution < 1.29 is 23.9 Å². The molecule has 0 unspecified atom stereocenters. The Balaban J connectivity index is 0.00000165. The molecule has 1 heterocycles. The molecule has 160 valence electrons. The van der Waals surface area contributed by atoms with Gasteiger partial charge in [0.2, 0.25) is 11.8 Å². The number of Topliss-reactive ketones (excluding diaryl/α,β-unsaturated/α-hetero) is 1. The molecule has 1 rings (SSSR count). The van der Waals surface area contributed by atoms with E-state index in [-0.39, 0.29) is 37.2 Å². The molecule has 8 heteroatoms.